The highest BCUT2D eigenvalue weighted by Gasteiger charge is 2.59. The summed E-state index contributed by atoms with van der Waals surface area (Å²) in [6.07, 6.45) is 0.538. The van der Waals surface area contributed by atoms with Crippen LogP contribution in [-0.2, 0) is 20.9 Å². The molecular weight excluding hydrogens is 242 g/mol. The van der Waals surface area contributed by atoms with Crippen molar-refractivity contribution in [1.82, 2.24) is 4.90 Å². The number of imide groups is 1. The lowest BCUT2D eigenvalue weighted by Crippen LogP contribution is -2.42. The van der Waals surface area contributed by atoms with Crippen LogP contribution in [0.25, 0.3) is 0 Å². The molecule has 3 unspecified atom stereocenters. The Hall–Kier alpha value is -1.97. The SMILES string of the molecule is CC(=O)C1CC2C(=O)N(Cc3ccccc3)C(=O)C12. The molecule has 0 bridgehead atoms. The molecule has 1 saturated carbocycles. The first-order valence-corrected chi connectivity index (χ1v) is 6.49. The summed E-state index contributed by atoms with van der Waals surface area (Å²) in [5, 5.41) is 0. The van der Waals surface area contributed by atoms with E-state index in [1.807, 2.05) is 30.3 Å². The molecule has 1 aromatic rings. The van der Waals surface area contributed by atoms with Crippen molar-refractivity contribution in [2.24, 2.45) is 17.8 Å². The topological polar surface area (TPSA) is 54.5 Å². The van der Waals surface area contributed by atoms with Gasteiger partial charge in [0.05, 0.1) is 18.4 Å². The Kier molecular flexibility index (Phi) is 2.73. The van der Waals surface area contributed by atoms with Gasteiger partial charge in [-0.1, -0.05) is 30.3 Å². The van der Waals surface area contributed by atoms with Gasteiger partial charge >= 0.3 is 0 Å². The van der Waals surface area contributed by atoms with Crippen molar-refractivity contribution in [2.45, 2.75) is 19.9 Å². The quantitative estimate of drug-likeness (QED) is 0.769. The molecule has 2 fully saturated rings. The summed E-state index contributed by atoms with van der Waals surface area (Å²) in [5.41, 5.74) is 0.935. The van der Waals surface area contributed by atoms with Gasteiger partial charge in [0.2, 0.25) is 11.8 Å². The van der Waals surface area contributed by atoms with E-state index < -0.39 is 5.92 Å². The number of likely N-dealkylation sites (tertiary alicyclic amines) is 1. The average Bonchev–Trinajstić information content (AvgIpc) is 2.50. The van der Waals surface area contributed by atoms with Crippen LogP contribution in [0.5, 0.6) is 0 Å². The Balaban J connectivity index is 1.79. The molecule has 0 aromatic heterocycles. The number of hydrogen-bond acceptors (Lipinski definition) is 3. The lowest BCUT2D eigenvalue weighted by atomic mass is 9.64. The van der Waals surface area contributed by atoms with E-state index in [0.29, 0.717) is 13.0 Å². The number of benzene rings is 1. The van der Waals surface area contributed by atoms with Crippen molar-refractivity contribution in [3.63, 3.8) is 0 Å². The summed E-state index contributed by atoms with van der Waals surface area (Å²) in [5.74, 6) is -1.17. The van der Waals surface area contributed by atoms with Crippen LogP contribution < -0.4 is 0 Å². The molecule has 1 aromatic carbocycles. The zero-order valence-corrected chi connectivity index (χ0v) is 10.7. The van der Waals surface area contributed by atoms with E-state index in [1.165, 1.54) is 11.8 Å². The monoisotopic (exact) mass is 257 g/mol. The maximum absolute atomic E-state index is 12.2. The molecule has 3 atom stereocenters. The summed E-state index contributed by atoms with van der Waals surface area (Å²) in [6.45, 7) is 1.81. The molecule has 98 valence electrons. The third kappa shape index (κ3) is 1.79. The number of rotatable bonds is 3. The molecular formula is C15H15NO3. The summed E-state index contributed by atoms with van der Waals surface area (Å²) in [7, 11) is 0. The number of fused-ring (bicyclic) bond motifs is 1. The maximum atomic E-state index is 12.2. The molecule has 0 spiro atoms. The Morgan fingerprint density at radius 1 is 1.21 bits per heavy atom. The molecule has 1 aliphatic carbocycles. The van der Waals surface area contributed by atoms with Crippen molar-refractivity contribution >= 4 is 17.6 Å². The summed E-state index contributed by atoms with van der Waals surface area (Å²) in [6, 6.07) is 9.44. The minimum Gasteiger partial charge on any atom is -0.300 e. The lowest BCUT2D eigenvalue weighted by molar-refractivity contribution is -0.141. The molecule has 3 rings (SSSR count). The van der Waals surface area contributed by atoms with Crippen LogP contribution in [-0.4, -0.2) is 22.5 Å². The number of Topliss-reactive ketones (excluding diaryl/α,β-unsaturated/α-hetero) is 1. The molecule has 0 N–H and O–H groups in total. The van der Waals surface area contributed by atoms with Crippen LogP contribution in [0, 0.1) is 17.8 Å². The second-order valence-electron chi connectivity index (χ2n) is 5.33. The molecule has 1 saturated heterocycles. The molecule has 2 aliphatic rings. The highest BCUT2D eigenvalue weighted by Crippen LogP contribution is 2.47. The largest absolute Gasteiger partial charge is 0.300 e. The minimum absolute atomic E-state index is 0.0176. The third-order valence-electron chi connectivity index (χ3n) is 4.21. The number of amides is 2. The van der Waals surface area contributed by atoms with Gasteiger partial charge in [-0.05, 0) is 18.9 Å². The van der Waals surface area contributed by atoms with Gasteiger partial charge in [-0.15, -0.1) is 0 Å². The molecule has 4 nitrogen and oxygen atoms in total. The van der Waals surface area contributed by atoms with E-state index in [9.17, 15) is 14.4 Å². The first-order valence-electron chi connectivity index (χ1n) is 6.49. The fourth-order valence-electron chi connectivity index (χ4n) is 3.08. The standard InChI is InChI=1S/C15H15NO3/c1-9(17)11-7-12-13(11)15(19)16(14(12)18)8-10-5-3-2-4-6-10/h2-6,11-13H,7-8H2,1H3. The fraction of sp³-hybridized carbons (Fsp3) is 0.400. The maximum Gasteiger partial charge on any atom is 0.234 e. The van der Waals surface area contributed by atoms with Gasteiger partial charge in [0.15, 0.2) is 0 Å². The second kappa shape index (κ2) is 4.30. The fourth-order valence-corrected chi connectivity index (χ4v) is 3.08. The first kappa shape index (κ1) is 12.1. The molecule has 0 radical (unpaired) electrons. The van der Waals surface area contributed by atoms with Crippen LogP contribution in [0.1, 0.15) is 18.9 Å². The Labute approximate surface area is 111 Å². The van der Waals surface area contributed by atoms with Gasteiger partial charge in [0.1, 0.15) is 5.78 Å². The average molecular weight is 257 g/mol. The number of hydrogen-bond donors (Lipinski definition) is 0. The zero-order chi connectivity index (χ0) is 13.6. The molecule has 1 heterocycles. The second-order valence-corrected chi connectivity index (χ2v) is 5.33. The molecule has 2 amide bonds. The smallest absolute Gasteiger partial charge is 0.234 e. The van der Waals surface area contributed by atoms with Crippen LogP contribution in [0.3, 0.4) is 0 Å². The van der Waals surface area contributed by atoms with E-state index >= 15 is 0 Å². The van der Waals surface area contributed by atoms with Crippen LogP contribution >= 0.6 is 0 Å². The van der Waals surface area contributed by atoms with Crippen molar-refractivity contribution in [1.29, 1.82) is 0 Å². The van der Waals surface area contributed by atoms with Crippen LogP contribution in [0.15, 0.2) is 30.3 Å². The van der Waals surface area contributed by atoms with Crippen molar-refractivity contribution in [3.05, 3.63) is 35.9 Å². The number of carbonyl (C=O) groups is 3. The van der Waals surface area contributed by atoms with Gasteiger partial charge in [-0.2, -0.15) is 0 Å². The van der Waals surface area contributed by atoms with Crippen LogP contribution in [0.4, 0.5) is 0 Å². The van der Waals surface area contributed by atoms with Gasteiger partial charge in [0.25, 0.3) is 0 Å². The Morgan fingerprint density at radius 2 is 1.89 bits per heavy atom. The molecule has 1 aliphatic heterocycles. The van der Waals surface area contributed by atoms with Crippen molar-refractivity contribution in [2.75, 3.05) is 0 Å². The van der Waals surface area contributed by atoms with Gasteiger partial charge in [0, 0.05) is 5.92 Å². The Morgan fingerprint density at radius 3 is 2.53 bits per heavy atom. The van der Waals surface area contributed by atoms with Crippen molar-refractivity contribution in [3.8, 4) is 0 Å². The van der Waals surface area contributed by atoms with E-state index in [-0.39, 0.29) is 29.4 Å². The highest BCUT2D eigenvalue weighted by molar-refractivity contribution is 6.08. The van der Waals surface area contributed by atoms with Crippen LogP contribution in [0.2, 0.25) is 0 Å². The summed E-state index contributed by atoms with van der Waals surface area (Å²) in [4.78, 5) is 37.1. The van der Waals surface area contributed by atoms with Gasteiger partial charge in [-0.25, -0.2) is 0 Å². The minimum atomic E-state index is -0.395. The Bertz CT molecular complexity index is 552. The normalized spacial score (nSPS) is 29.1. The summed E-state index contributed by atoms with van der Waals surface area (Å²) < 4.78 is 0. The van der Waals surface area contributed by atoms with Gasteiger partial charge < -0.3 is 0 Å². The lowest BCUT2D eigenvalue weighted by Gasteiger charge is -2.34. The van der Waals surface area contributed by atoms with E-state index in [4.69, 9.17) is 0 Å². The number of carbonyl (C=O) groups excluding carboxylic acids is 3. The van der Waals surface area contributed by atoms with E-state index in [2.05, 4.69) is 0 Å². The predicted octanol–water partition coefficient (Wildman–Crippen LogP) is 1.40. The van der Waals surface area contributed by atoms with Gasteiger partial charge in [-0.3, -0.25) is 19.3 Å². The van der Waals surface area contributed by atoms with E-state index in [1.54, 1.807) is 0 Å². The summed E-state index contributed by atoms with van der Waals surface area (Å²) >= 11 is 0. The first-order chi connectivity index (χ1) is 9.09. The molecule has 4 heteroatoms. The highest BCUT2D eigenvalue weighted by atomic mass is 16.2. The van der Waals surface area contributed by atoms with E-state index in [0.717, 1.165) is 5.56 Å². The molecule has 19 heavy (non-hydrogen) atoms. The van der Waals surface area contributed by atoms with Crippen molar-refractivity contribution < 1.29 is 14.4 Å². The number of ketones is 1. The third-order valence-corrected chi connectivity index (χ3v) is 4.21. The predicted molar refractivity (Wildman–Crippen MR) is 67.8 cm³/mol. The zero-order valence-electron chi connectivity index (χ0n) is 10.7. The number of nitrogens with zero attached hydrogens (tertiary/aromatic N) is 1.